The summed E-state index contributed by atoms with van der Waals surface area (Å²) in [5.41, 5.74) is 7.03. The van der Waals surface area contributed by atoms with Gasteiger partial charge in [-0.05, 0) is 55.7 Å². The smallest absolute Gasteiger partial charge is 0.124 e. The van der Waals surface area contributed by atoms with Crippen molar-refractivity contribution in [3.63, 3.8) is 0 Å². The van der Waals surface area contributed by atoms with Gasteiger partial charge in [0.2, 0.25) is 0 Å². The van der Waals surface area contributed by atoms with Gasteiger partial charge in [0.05, 0.1) is 0 Å². The molecule has 1 saturated carbocycles. The second-order valence-electron chi connectivity index (χ2n) is 4.63. The Bertz CT molecular complexity index is 363. The van der Waals surface area contributed by atoms with Gasteiger partial charge in [0.25, 0.3) is 0 Å². The third kappa shape index (κ3) is 3.19. The van der Waals surface area contributed by atoms with Gasteiger partial charge in [-0.3, -0.25) is 0 Å². The molecule has 1 fully saturated rings. The van der Waals surface area contributed by atoms with E-state index in [4.69, 9.17) is 17.3 Å². The van der Waals surface area contributed by atoms with Crippen LogP contribution in [0.5, 0.6) is 0 Å². The summed E-state index contributed by atoms with van der Waals surface area (Å²) >= 11 is 5.95. The summed E-state index contributed by atoms with van der Waals surface area (Å²) in [5, 5.41) is 0.528. The summed E-state index contributed by atoms with van der Waals surface area (Å²) in [4.78, 5) is 0. The Labute approximate surface area is 101 Å². The number of halogens is 2. The standard InChI is InChI=1S/C13H17ClFN/c14-12-8-11(15)7-6-9(12)2-1-3-13(16)10-4-5-10/h6-8,10,13H,1-5,16H2. The van der Waals surface area contributed by atoms with Gasteiger partial charge in [0.1, 0.15) is 5.82 Å². The van der Waals surface area contributed by atoms with Crippen molar-refractivity contribution in [3.8, 4) is 0 Å². The maximum atomic E-state index is 12.8. The highest BCUT2D eigenvalue weighted by Crippen LogP contribution is 2.33. The quantitative estimate of drug-likeness (QED) is 0.839. The Morgan fingerprint density at radius 1 is 1.44 bits per heavy atom. The number of benzene rings is 1. The predicted molar refractivity (Wildman–Crippen MR) is 65.0 cm³/mol. The second-order valence-corrected chi connectivity index (χ2v) is 5.04. The van der Waals surface area contributed by atoms with Crippen molar-refractivity contribution in [2.75, 3.05) is 0 Å². The van der Waals surface area contributed by atoms with E-state index in [9.17, 15) is 4.39 Å². The molecule has 2 N–H and O–H groups in total. The maximum Gasteiger partial charge on any atom is 0.124 e. The summed E-state index contributed by atoms with van der Waals surface area (Å²) < 4.78 is 12.8. The Balaban J connectivity index is 1.80. The lowest BCUT2D eigenvalue weighted by Crippen LogP contribution is -2.22. The van der Waals surface area contributed by atoms with E-state index < -0.39 is 0 Å². The molecule has 0 aromatic heterocycles. The molecule has 1 atom stereocenters. The molecule has 1 nitrogen and oxygen atoms in total. The molecule has 2 rings (SSSR count). The van der Waals surface area contributed by atoms with Gasteiger partial charge < -0.3 is 5.73 Å². The molecular formula is C13H17ClFN. The highest BCUT2D eigenvalue weighted by molar-refractivity contribution is 6.31. The van der Waals surface area contributed by atoms with Crippen molar-refractivity contribution >= 4 is 11.6 Å². The molecule has 0 bridgehead atoms. The molecule has 3 heteroatoms. The summed E-state index contributed by atoms with van der Waals surface area (Å²) in [6.45, 7) is 0. The zero-order chi connectivity index (χ0) is 11.5. The van der Waals surface area contributed by atoms with E-state index in [0.717, 1.165) is 30.7 Å². The van der Waals surface area contributed by atoms with Gasteiger partial charge in [-0.1, -0.05) is 17.7 Å². The first-order valence-electron chi connectivity index (χ1n) is 5.86. The first-order chi connectivity index (χ1) is 7.66. The summed E-state index contributed by atoms with van der Waals surface area (Å²) in [6, 6.07) is 4.94. The van der Waals surface area contributed by atoms with Crippen molar-refractivity contribution in [2.24, 2.45) is 11.7 Å². The van der Waals surface area contributed by atoms with Crippen LogP contribution in [0.25, 0.3) is 0 Å². The monoisotopic (exact) mass is 241 g/mol. The lowest BCUT2D eigenvalue weighted by molar-refractivity contribution is 0.528. The van der Waals surface area contributed by atoms with Crippen LogP contribution in [0, 0.1) is 11.7 Å². The summed E-state index contributed by atoms with van der Waals surface area (Å²) in [5.74, 6) is 0.479. The second kappa shape index (κ2) is 5.15. The number of nitrogens with two attached hydrogens (primary N) is 1. The molecule has 1 aromatic carbocycles. The van der Waals surface area contributed by atoms with E-state index in [-0.39, 0.29) is 5.82 Å². The topological polar surface area (TPSA) is 26.0 Å². The largest absolute Gasteiger partial charge is 0.327 e. The minimum atomic E-state index is -0.275. The SMILES string of the molecule is NC(CCCc1ccc(F)cc1Cl)C1CC1. The van der Waals surface area contributed by atoms with Crippen molar-refractivity contribution in [3.05, 3.63) is 34.6 Å². The molecule has 1 aromatic rings. The van der Waals surface area contributed by atoms with Crippen LogP contribution >= 0.6 is 11.6 Å². The van der Waals surface area contributed by atoms with Gasteiger partial charge in [0.15, 0.2) is 0 Å². The molecule has 0 heterocycles. The van der Waals surface area contributed by atoms with Crippen LogP contribution in [-0.2, 0) is 6.42 Å². The molecule has 16 heavy (non-hydrogen) atoms. The lowest BCUT2D eigenvalue weighted by Gasteiger charge is -2.10. The first kappa shape index (κ1) is 11.9. The zero-order valence-corrected chi connectivity index (χ0v) is 10.0. The minimum absolute atomic E-state index is 0.275. The van der Waals surface area contributed by atoms with Crippen LogP contribution < -0.4 is 5.73 Å². The fourth-order valence-corrected chi connectivity index (χ4v) is 2.27. The van der Waals surface area contributed by atoms with E-state index in [1.807, 2.05) is 0 Å². The molecule has 0 spiro atoms. The fourth-order valence-electron chi connectivity index (χ4n) is 2.01. The van der Waals surface area contributed by atoms with Gasteiger partial charge in [-0.25, -0.2) is 4.39 Å². The van der Waals surface area contributed by atoms with E-state index in [2.05, 4.69) is 0 Å². The third-order valence-electron chi connectivity index (χ3n) is 3.23. The van der Waals surface area contributed by atoms with Gasteiger partial charge in [-0.15, -0.1) is 0 Å². The number of rotatable bonds is 5. The molecule has 1 unspecified atom stereocenters. The van der Waals surface area contributed by atoms with E-state index in [1.54, 1.807) is 6.07 Å². The minimum Gasteiger partial charge on any atom is -0.327 e. The Morgan fingerprint density at radius 2 is 2.19 bits per heavy atom. The van der Waals surface area contributed by atoms with Gasteiger partial charge in [-0.2, -0.15) is 0 Å². The molecule has 0 saturated heterocycles. The number of aryl methyl sites for hydroxylation is 1. The van der Waals surface area contributed by atoms with Crippen LogP contribution in [0.15, 0.2) is 18.2 Å². The van der Waals surface area contributed by atoms with Crippen LogP contribution in [0.3, 0.4) is 0 Å². The van der Waals surface area contributed by atoms with Crippen molar-refractivity contribution in [2.45, 2.75) is 38.1 Å². The molecule has 0 aliphatic heterocycles. The number of hydrogen-bond acceptors (Lipinski definition) is 1. The summed E-state index contributed by atoms with van der Waals surface area (Å²) in [6.07, 6.45) is 5.54. The molecule has 1 aliphatic rings. The predicted octanol–water partition coefficient (Wildman–Crippen LogP) is 3.54. The molecule has 0 amide bonds. The zero-order valence-electron chi connectivity index (χ0n) is 9.26. The van der Waals surface area contributed by atoms with Crippen LogP contribution in [0.4, 0.5) is 4.39 Å². The first-order valence-corrected chi connectivity index (χ1v) is 6.24. The Hall–Kier alpha value is -0.600. The highest BCUT2D eigenvalue weighted by Gasteiger charge is 2.27. The van der Waals surface area contributed by atoms with E-state index >= 15 is 0 Å². The van der Waals surface area contributed by atoms with Crippen LogP contribution in [0.2, 0.25) is 5.02 Å². The average Bonchev–Trinajstić information content (AvgIpc) is 3.04. The normalized spacial score (nSPS) is 17.4. The van der Waals surface area contributed by atoms with Gasteiger partial charge in [0, 0.05) is 11.1 Å². The molecule has 0 radical (unpaired) electrons. The summed E-state index contributed by atoms with van der Waals surface area (Å²) in [7, 11) is 0. The molecular weight excluding hydrogens is 225 g/mol. The van der Waals surface area contributed by atoms with Crippen LogP contribution in [0.1, 0.15) is 31.2 Å². The number of hydrogen-bond donors (Lipinski definition) is 1. The maximum absolute atomic E-state index is 12.8. The van der Waals surface area contributed by atoms with E-state index in [0.29, 0.717) is 11.1 Å². The molecule has 1 aliphatic carbocycles. The highest BCUT2D eigenvalue weighted by atomic mass is 35.5. The van der Waals surface area contributed by atoms with Crippen molar-refractivity contribution in [1.29, 1.82) is 0 Å². The fraction of sp³-hybridized carbons (Fsp3) is 0.538. The van der Waals surface area contributed by atoms with Gasteiger partial charge >= 0.3 is 0 Å². The lowest BCUT2D eigenvalue weighted by atomic mass is 10.0. The van der Waals surface area contributed by atoms with E-state index in [1.165, 1.54) is 25.0 Å². The molecule has 88 valence electrons. The van der Waals surface area contributed by atoms with Crippen LogP contribution in [-0.4, -0.2) is 6.04 Å². The van der Waals surface area contributed by atoms with Crippen molar-refractivity contribution in [1.82, 2.24) is 0 Å². The third-order valence-corrected chi connectivity index (χ3v) is 3.58. The van der Waals surface area contributed by atoms with Crippen molar-refractivity contribution < 1.29 is 4.39 Å². The Morgan fingerprint density at radius 3 is 2.81 bits per heavy atom. The Kier molecular flexibility index (Phi) is 3.82. The average molecular weight is 242 g/mol.